The fraction of sp³-hybridized carbons (Fsp3) is 0.500. The van der Waals surface area contributed by atoms with Gasteiger partial charge in [-0.15, -0.1) is 0 Å². The van der Waals surface area contributed by atoms with Gasteiger partial charge in [-0.25, -0.2) is 8.42 Å². The molecule has 0 aromatic heterocycles. The molecule has 0 aliphatic heterocycles. The predicted octanol–water partition coefficient (Wildman–Crippen LogP) is 1.64. The number of nitrogens with zero attached hydrogens (tertiary/aromatic N) is 1. The van der Waals surface area contributed by atoms with Gasteiger partial charge in [-0.05, 0) is 25.5 Å². The monoisotopic (exact) mass is 315 g/mol. The quantitative estimate of drug-likeness (QED) is 0.700. The molecule has 1 N–H and O–H groups in total. The van der Waals surface area contributed by atoms with E-state index in [1.165, 1.54) is 0 Å². The molecule has 21 heavy (non-hydrogen) atoms. The number of carboxylic acids is 1. The Hall–Kier alpha value is -1.60. The minimum absolute atomic E-state index is 0.0886. The Balaban J connectivity index is 3.02. The van der Waals surface area contributed by atoms with Crippen LogP contribution in [0.3, 0.4) is 0 Å². The first kappa shape index (κ1) is 17.5. The summed E-state index contributed by atoms with van der Waals surface area (Å²) >= 11 is 0. The number of sulfonamides is 1. The number of aryl methyl sites for hydroxylation is 1. The fourth-order valence-corrected chi connectivity index (χ4v) is 3.29. The number of aliphatic carboxylic acids is 1. The van der Waals surface area contributed by atoms with Crippen LogP contribution in [0.15, 0.2) is 24.3 Å². The number of carbonyl (C=O) groups is 1. The molecule has 0 spiro atoms. The van der Waals surface area contributed by atoms with E-state index in [9.17, 15) is 13.2 Å². The largest absolute Gasteiger partial charge is 0.481 e. The molecule has 0 aliphatic rings. The molecule has 0 saturated carbocycles. The second-order valence-electron chi connectivity index (χ2n) is 4.52. The summed E-state index contributed by atoms with van der Waals surface area (Å²) < 4.78 is 31.1. The van der Waals surface area contributed by atoms with Crippen molar-refractivity contribution in [3.05, 3.63) is 29.8 Å². The third kappa shape index (κ3) is 5.35. The zero-order valence-corrected chi connectivity index (χ0v) is 13.1. The van der Waals surface area contributed by atoms with E-state index in [0.717, 1.165) is 9.87 Å². The lowest BCUT2D eigenvalue weighted by Gasteiger charge is -2.25. The van der Waals surface area contributed by atoms with Crippen LogP contribution in [0, 0.1) is 6.92 Å². The van der Waals surface area contributed by atoms with Crippen LogP contribution in [0.25, 0.3) is 0 Å². The van der Waals surface area contributed by atoms with Crippen LogP contribution in [0.4, 0.5) is 5.69 Å². The van der Waals surface area contributed by atoms with E-state index in [-0.39, 0.29) is 25.3 Å². The van der Waals surface area contributed by atoms with Gasteiger partial charge in [0.1, 0.15) is 0 Å². The van der Waals surface area contributed by atoms with Crippen molar-refractivity contribution in [1.29, 1.82) is 0 Å². The highest BCUT2D eigenvalue weighted by atomic mass is 32.2. The van der Waals surface area contributed by atoms with Crippen molar-refractivity contribution in [2.75, 3.05) is 29.8 Å². The number of benzene rings is 1. The van der Waals surface area contributed by atoms with Crippen LogP contribution in [-0.2, 0) is 19.6 Å². The Kier molecular flexibility index (Phi) is 6.64. The summed E-state index contributed by atoms with van der Waals surface area (Å²) in [7, 11) is -3.62. The third-order valence-electron chi connectivity index (χ3n) is 2.94. The van der Waals surface area contributed by atoms with Crippen LogP contribution in [0.1, 0.15) is 18.9 Å². The van der Waals surface area contributed by atoms with Crippen LogP contribution >= 0.6 is 0 Å². The second kappa shape index (κ2) is 7.99. The van der Waals surface area contributed by atoms with Gasteiger partial charge in [0.2, 0.25) is 10.0 Å². The first-order chi connectivity index (χ1) is 9.88. The lowest BCUT2D eigenvalue weighted by molar-refractivity contribution is -0.136. The summed E-state index contributed by atoms with van der Waals surface area (Å²) in [5.41, 5.74) is 1.29. The van der Waals surface area contributed by atoms with Gasteiger partial charge < -0.3 is 9.84 Å². The second-order valence-corrected chi connectivity index (χ2v) is 6.53. The number of anilines is 1. The van der Waals surface area contributed by atoms with Gasteiger partial charge in [0.25, 0.3) is 0 Å². The standard InChI is InChI=1S/C14H21NO5S/c1-3-20-10-11-21(18,19)15(9-8-14(16)17)13-7-5-4-6-12(13)2/h4-7H,3,8-11H2,1-2H3,(H,16,17). The molecule has 0 fully saturated rings. The average Bonchev–Trinajstić information content (AvgIpc) is 2.40. The number of hydrogen-bond donors (Lipinski definition) is 1. The fourth-order valence-electron chi connectivity index (χ4n) is 1.87. The van der Waals surface area contributed by atoms with Crippen molar-refractivity contribution in [2.45, 2.75) is 20.3 Å². The van der Waals surface area contributed by atoms with Crippen LogP contribution < -0.4 is 4.31 Å². The highest BCUT2D eigenvalue weighted by molar-refractivity contribution is 7.92. The van der Waals surface area contributed by atoms with Gasteiger partial charge in [0.15, 0.2) is 0 Å². The van der Waals surface area contributed by atoms with E-state index >= 15 is 0 Å². The maximum Gasteiger partial charge on any atom is 0.305 e. The Morgan fingerprint density at radius 1 is 1.33 bits per heavy atom. The molecule has 0 atom stereocenters. The first-order valence-electron chi connectivity index (χ1n) is 6.74. The molecule has 0 heterocycles. The van der Waals surface area contributed by atoms with Gasteiger partial charge in [-0.3, -0.25) is 9.10 Å². The number of hydrogen-bond acceptors (Lipinski definition) is 4. The lowest BCUT2D eigenvalue weighted by Crippen LogP contribution is -2.36. The normalized spacial score (nSPS) is 11.3. The zero-order valence-electron chi connectivity index (χ0n) is 12.3. The Bertz CT molecular complexity index is 570. The van der Waals surface area contributed by atoms with E-state index in [2.05, 4.69) is 0 Å². The Morgan fingerprint density at radius 2 is 2.00 bits per heavy atom. The highest BCUT2D eigenvalue weighted by Crippen LogP contribution is 2.23. The average molecular weight is 315 g/mol. The SMILES string of the molecule is CCOCCS(=O)(=O)N(CCC(=O)O)c1ccccc1C. The summed E-state index contributed by atoms with van der Waals surface area (Å²) in [5, 5.41) is 8.81. The minimum atomic E-state index is -3.62. The topological polar surface area (TPSA) is 83.9 Å². The van der Waals surface area contributed by atoms with Gasteiger partial charge in [0, 0.05) is 13.2 Å². The Labute approximate surface area is 125 Å². The predicted molar refractivity (Wildman–Crippen MR) is 81.1 cm³/mol. The molecule has 6 nitrogen and oxygen atoms in total. The summed E-state index contributed by atoms with van der Waals surface area (Å²) in [6.45, 7) is 4.02. The molecule has 7 heteroatoms. The van der Waals surface area contributed by atoms with Crippen molar-refractivity contribution in [3.8, 4) is 0 Å². The van der Waals surface area contributed by atoms with Crippen molar-refractivity contribution in [1.82, 2.24) is 0 Å². The smallest absolute Gasteiger partial charge is 0.305 e. The molecule has 0 radical (unpaired) electrons. The van der Waals surface area contributed by atoms with E-state index in [1.807, 2.05) is 0 Å². The Morgan fingerprint density at radius 3 is 2.57 bits per heavy atom. The van der Waals surface area contributed by atoms with E-state index in [1.54, 1.807) is 38.1 Å². The highest BCUT2D eigenvalue weighted by Gasteiger charge is 2.24. The lowest BCUT2D eigenvalue weighted by atomic mass is 10.2. The number of para-hydroxylation sites is 1. The molecular weight excluding hydrogens is 294 g/mol. The minimum Gasteiger partial charge on any atom is -0.481 e. The molecule has 0 amide bonds. The maximum atomic E-state index is 12.4. The first-order valence-corrected chi connectivity index (χ1v) is 8.35. The van der Waals surface area contributed by atoms with Crippen molar-refractivity contribution in [3.63, 3.8) is 0 Å². The third-order valence-corrected chi connectivity index (χ3v) is 4.67. The van der Waals surface area contributed by atoms with Gasteiger partial charge in [-0.1, -0.05) is 18.2 Å². The molecule has 1 aromatic rings. The molecule has 0 unspecified atom stereocenters. The van der Waals surface area contributed by atoms with E-state index < -0.39 is 16.0 Å². The molecule has 0 saturated heterocycles. The summed E-state index contributed by atoms with van der Waals surface area (Å²) in [6.07, 6.45) is -0.248. The van der Waals surface area contributed by atoms with Crippen molar-refractivity contribution in [2.24, 2.45) is 0 Å². The molecular formula is C14H21NO5S. The zero-order chi connectivity index (χ0) is 15.9. The molecule has 1 rings (SSSR count). The van der Waals surface area contributed by atoms with Crippen molar-refractivity contribution >= 4 is 21.7 Å². The maximum absolute atomic E-state index is 12.4. The van der Waals surface area contributed by atoms with Crippen LogP contribution in [0.5, 0.6) is 0 Å². The van der Waals surface area contributed by atoms with Gasteiger partial charge in [0.05, 0.1) is 24.5 Å². The molecule has 118 valence electrons. The molecule has 0 bridgehead atoms. The number of rotatable bonds is 9. The number of ether oxygens (including phenoxy) is 1. The van der Waals surface area contributed by atoms with Gasteiger partial charge >= 0.3 is 5.97 Å². The molecule has 0 aliphatic carbocycles. The van der Waals surface area contributed by atoms with Gasteiger partial charge in [-0.2, -0.15) is 0 Å². The summed E-state index contributed by atoms with van der Waals surface area (Å²) in [4.78, 5) is 10.8. The molecule has 1 aromatic carbocycles. The number of carboxylic acid groups (broad SMARTS) is 1. The van der Waals surface area contributed by atoms with Crippen LogP contribution in [0.2, 0.25) is 0 Å². The summed E-state index contributed by atoms with van der Waals surface area (Å²) in [5.74, 6) is -1.21. The summed E-state index contributed by atoms with van der Waals surface area (Å²) in [6, 6.07) is 7.01. The van der Waals surface area contributed by atoms with E-state index in [0.29, 0.717) is 12.3 Å². The van der Waals surface area contributed by atoms with Crippen LogP contribution in [-0.4, -0.2) is 45.0 Å². The van der Waals surface area contributed by atoms with E-state index in [4.69, 9.17) is 9.84 Å². The van der Waals surface area contributed by atoms with Crippen molar-refractivity contribution < 1.29 is 23.1 Å².